The molecule has 0 radical (unpaired) electrons. The highest BCUT2D eigenvalue weighted by molar-refractivity contribution is 7.18. The van der Waals surface area contributed by atoms with Gasteiger partial charge in [0.1, 0.15) is 5.01 Å². The van der Waals surface area contributed by atoms with Crippen LogP contribution in [-0.2, 0) is 6.54 Å². The Bertz CT molecular complexity index is 490. The number of fused-ring (bicyclic) bond motifs is 1. The first kappa shape index (κ1) is 11.9. The van der Waals surface area contributed by atoms with Crippen LogP contribution in [0, 0.1) is 0 Å². The fourth-order valence-corrected chi connectivity index (χ4v) is 2.57. The lowest BCUT2D eigenvalue weighted by Crippen LogP contribution is -2.36. The molecular weight excluding hydrogens is 234 g/mol. The molecule has 1 aromatic carbocycles. The molecule has 1 heterocycles. The number of hydrogen-bond donors (Lipinski definition) is 1. The molecule has 0 bridgehead atoms. The highest BCUT2D eigenvalue weighted by Crippen LogP contribution is 2.22. The van der Waals surface area contributed by atoms with Gasteiger partial charge in [0.15, 0.2) is 0 Å². The fraction of sp³-hybridized carbons (Fsp3) is 0.333. The van der Waals surface area contributed by atoms with Crippen molar-refractivity contribution in [3.63, 3.8) is 0 Å². The van der Waals surface area contributed by atoms with Crippen molar-refractivity contribution in [2.24, 2.45) is 0 Å². The van der Waals surface area contributed by atoms with Gasteiger partial charge >= 0.3 is 6.03 Å². The summed E-state index contributed by atoms with van der Waals surface area (Å²) in [5.74, 6) is 0. The fourth-order valence-electron chi connectivity index (χ4n) is 1.55. The van der Waals surface area contributed by atoms with Crippen molar-refractivity contribution in [2.75, 3.05) is 13.6 Å². The summed E-state index contributed by atoms with van der Waals surface area (Å²) in [5.41, 5.74) is 0.997. The highest BCUT2D eigenvalue weighted by atomic mass is 32.1. The standard InChI is InChI=1S/C12H15N3OS/c1-3-13-12(16)15(2)8-11-14-9-6-4-5-7-10(9)17-11/h4-7H,3,8H2,1-2H3,(H,13,16). The monoisotopic (exact) mass is 249 g/mol. The van der Waals surface area contributed by atoms with Crippen LogP contribution >= 0.6 is 11.3 Å². The van der Waals surface area contributed by atoms with Crippen molar-refractivity contribution < 1.29 is 4.79 Å². The second-order valence-electron chi connectivity index (χ2n) is 3.77. The van der Waals surface area contributed by atoms with E-state index in [1.54, 1.807) is 23.3 Å². The Labute approximate surface area is 104 Å². The van der Waals surface area contributed by atoms with E-state index < -0.39 is 0 Å². The van der Waals surface area contributed by atoms with Crippen molar-refractivity contribution >= 4 is 27.6 Å². The van der Waals surface area contributed by atoms with Crippen LogP contribution in [0.5, 0.6) is 0 Å². The smallest absolute Gasteiger partial charge is 0.317 e. The van der Waals surface area contributed by atoms with Crippen LogP contribution in [0.2, 0.25) is 0 Å². The largest absolute Gasteiger partial charge is 0.338 e. The molecular formula is C12H15N3OS. The van der Waals surface area contributed by atoms with Crippen LogP contribution in [0.1, 0.15) is 11.9 Å². The van der Waals surface area contributed by atoms with E-state index in [0.29, 0.717) is 13.1 Å². The molecule has 1 N–H and O–H groups in total. The summed E-state index contributed by atoms with van der Waals surface area (Å²) < 4.78 is 1.16. The van der Waals surface area contributed by atoms with E-state index in [0.717, 1.165) is 15.2 Å². The Kier molecular flexibility index (Phi) is 3.58. The molecule has 0 atom stereocenters. The zero-order chi connectivity index (χ0) is 12.3. The molecule has 0 spiro atoms. The van der Waals surface area contributed by atoms with Gasteiger partial charge in [-0.25, -0.2) is 9.78 Å². The van der Waals surface area contributed by atoms with Gasteiger partial charge < -0.3 is 10.2 Å². The minimum Gasteiger partial charge on any atom is -0.338 e. The SMILES string of the molecule is CCNC(=O)N(C)Cc1nc2ccccc2s1. The van der Waals surface area contributed by atoms with Crippen molar-refractivity contribution in [1.82, 2.24) is 15.2 Å². The first-order chi connectivity index (χ1) is 8.20. The Morgan fingerprint density at radius 2 is 2.24 bits per heavy atom. The van der Waals surface area contributed by atoms with E-state index in [1.165, 1.54) is 0 Å². The maximum Gasteiger partial charge on any atom is 0.317 e. The topological polar surface area (TPSA) is 45.2 Å². The normalized spacial score (nSPS) is 10.5. The van der Waals surface area contributed by atoms with Gasteiger partial charge in [-0.15, -0.1) is 11.3 Å². The first-order valence-corrected chi connectivity index (χ1v) is 6.35. The van der Waals surface area contributed by atoms with Gasteiger partial charge in [-0.1, -0.05) is 12.1 Å². The molecule has 17 heavy (non-hydrogen) atoms. The Hall–Kier alpha value is -1.62. The van der Waals surface area contributed by atoms with Crippen molar-refractivity contribution in [1.29, 1.82) is 0 Å². The van der Waals surface area contributed by atoms with Gasteiger partial charge in [0.05, 0.1) is 16.8 Å². The molecule has 0 unspecified atom stereocenters. The van der Waals surface area contributed by atoms with Gasteiger partial charge in [-0.3, -0.25) is 0 Å². The number of carbonyl (C=O) groups is 1. The molecule has 2 amide bonds. The number of thiazole rings is 1. The average Bonchev–Trinajstić information content (AvgIpc) is 2.71. The third-order valence-corrected chi connectivity index (χ3v) is 3.41. The van der Waals surface area contributed by atoms with E-state index in [1.807, 2.05) is 31.2 Å². The second kappa shape index (κ2) is 5.14. The van der Waals surface area contributed by atoms with Crippen LogP contribution in [0.25, 0.3) is 10.2 Å². The number of benzene rings is 1. The molecule has 2 aromatic rings. The minimum atomic E-state index is -0.0632. The summed E-state index contributed by atoms with van der Waals surface area (Å²) in [6.45, 7) is 3.09. The first-order valence-electron chi connectivity index (χ1n) is 5.54. The number of carbonyl (C=O) groups excluding carboxylic acids is 1. The van der Waals surface area contributed by atoms with Crippen molar-refractivity contribution in [3.8, 4) is 0 Å². The van der Waals surface area contributed by atoms with Crippen LogP contribution in [0.3, 0.4) is 0 Å². The van der Waals surface area contributed by atoms with E-state index in [-0.39, 0.29) is 6.03 Å². The maximum atomic E-state index is 11.6. The summed E-state index contributed by atoms with van der Waals surface area (Å²) in [7, 11) is 1.77. The molecule has 0 fully saturated rings. The summed E-state index contributed by atoms with van der Waals surface area (Å²) in [5, 5.41) is 3.72. The molecule has 4 nitrogen and oxygen atoms in total. The number of urea groups is 1. The lowest BCUT2D eigenvalue weighted by molar-refractivity contribution is 0.207. The third kappa shape index (κ3) is 2.74. The molecule has 0 saturated carbocycles. The summed E-state index contributed by atoms with van der Waals surface area (Å²) in [6, 6.07) is 7.94. The number of nitrogens with one attached hydrogen (secondary N) is 1. The molecule has 0 aliphatic rings. The zero-order valence-corrected chi connectivity index (χ0v) is 10.8. The highest BCUT2D eigenvalue weighted by Gasteiger charge is 2.10. The van der Waals surface area contributed by atoms with E-state index in [4.69, 9.17) is 0 Å². The zero-order valence-electron chi connectivity index (χ0n) is 9.93. The van der Waals surface area contributed by atoms with E-state index >= 15 is 0 Å². The average molecular weight is 249 g/mol. The quantitative estimate of drug-likeness (QED) is 0.908. The Balaban J connectivity index is 2.10. The van der Waals surface area contributed by atoms with Crippen LogP contribution in [0.4, 0.5) is 4.79 Å². The molecule has 0 aliphatic heterocycles. The summed E-state index contributed by atoms with van der Waals surface area (Å²) in [6.07, 6.45) is 0. The van der Waals surface area contributed by atoms with Gasteiger partial charge in [-0.2, -0.15) is 0 Å². The molecule has 1 aromatic heterocycles. The van der Waals surface area contributed by atoms with Gasteiger partial charge in [0, 0.05) is 13.6 Å². The van der Waals surface area contributed by atoms with E-state index in [9.17, 15) is 4.79 Å². The van der Waals surface area contributed by atoms with Gasteiger partial charge in [-0.05, 0) is 19.1 Å². The molecule has 90 valence electrons. The van der Waals surface area contributed by atoms with Crippen LogP contribution in [0.15, 0.2) is 24.3 Å². The minimum absolute atomic E-state index is 0.0632. The number of amides is 2. The second-order valence-corrected chi connectivity index (χ2v) is 4.88. The Morgan fingerprint density at radius 1 is 1.47 bits per heavy atom. The predicted molar refractivity (Wildman–Crippen MR) is 70.2 cm³/mol. The number of nitrogens with zero attached hydrogens (tertiary/aromatic N) is 2. The summed E-state index contributed by atoms with van der Waals surface area (Å²) >= 11 is 1.63. The molecule has 2 rings (SSSR count). The van der Waals surface area contributed by atoms with Crippen molar-refractivity contribution in [3.05, 3.63) is 29.3 Å². The maximum absolute atomic E-state index is 11.6. The van der Waals surface area contributed by atoms with Crippen LogP contribution < -0.4 is 5.32 Å². The third-order valence-electron chi connectivity index (χ3n) is 2.39. The van der Waals surface area contributed by atoms with Crippen LogP contribution in [-0.4, -0.2) is 29.5 Å². The summed E-state index contributed by atoms with van der Waals surface area (Å²) in [4.78, 5) is 17.7. The lowest BCUT2D eigenvalue weighted by atomic mass is 10.3. The van der Waals surface area contributed by atoms with Gasteiger partial charge in [0.25, 0.3) is 0 Å². The van der Waals surface area contributed by atoms with Gasteiger partial charge in [0.2, 0.25) is 0 Å². The Morgan fingerprint density at radius 3 is 2.94 bits per heavy atom. The number of aromatic nitrogens is 1. The lowest BCUT2D eigenvalue weighted by Gasteiger charge is -2.15. The van der Waals surface area contributed by atoms with Crippen molar-refractivity contribution in [2.45, 2.75) is 13.5 Å². The van der Waals surface area contributed by atoms with E-state index in [2.05, 4.69) is 10.3 Å². The molecule has 0 aliphatic carbocycles. The molecule has 0 saturated heterocycles. The number of hydrogen-bond acceptors (Lipinski definition) is 3. The predicted octanol–water partition coefficient (Wildman–Crippen LogP) is 2.46. The number of para-hydroxylation sites is 1. The number of rotatable bonds is 3. The molecule has 5 heteroatoms.